The van der Waals surface area contributed by atoms with Gasteiger partial charge in [0.25, 0.3) is 0 Å². The van der Waals surface area contributed by atoms with E-state index in [9.17, 15) is 0 Å². The molecule has 0 heterocycles. The minimum atomic E-state index is -0.293. The van der Waals surface area contributed by atoms with E-state index in [-0.39, 0.29) is 5.54 Å². The quantitative estimate of drug-likeness (QED) is 0.429. The fourth-order valence-corrected chi connectivity index (χ4v) is 2.67. The second-order valence-corrected chi connectivity index (χ2v) is 4.85. The van der Waals surface area contributed by atoms with Gasteiger partial charge in [-0.05, 0) is 36.1 Å². The lowest BCUT2D eigenvalue weighted by Crippen LogP contribution is -2.17. The summed E-state index contributed by atoms with van der Waals surface area (Å²) in [4.78, 5) is 3.01. The van der Waals surface area contributed by atoms with E-state index in [1.54, 1.807) is 0 Å². The zero-order valence-corrected chi connectivity index (χ0v) is 9.94. The van der Waals surface area contributed by atoms with Crippen LogP contribution in [0.1, 0.15) is 31.2 Å². The topological polar surface area (TPSA) is 48.8 Å². The van der Waals surface area contributed by atoms with Gasteiger partial charge >= 0.3 is 0 Å². The molecule has 1 aromatic carbocycles. The van der Waals surface area contributed by atoms with Gasteiger partial charge in [-0.15, -0.1) is 0 Å². The molecule has 78 valence electrons. The predicted molar refractivity (Wildman–Crippen MR) is 63.4 cm³/mol. The fraction of sp³-hybridized carbons (Fsp3) is 0.455. The van der Waals surface area contributed by atoms with Crippen LogP contribution in [-0.4, -0.2) is 0 Å². The molecule has 0 radical (unpaired) electrons. The Balaban J connectivity index is 2.45. The van der Waals surface area contributed by atoms with E-state index in [2.05, 4.69) is 32.0 Å². The maximum absolute atomic E-state index is 8.67. The predicted octanol–water partition coefficient (Wildman–Crippen LogP) is 4.53. The normalized spacial score (nSPS) is 18.5. The van der Waals surface area contributed by atoms with Crippen LogP contribution in [0.5, 0.6) is 0 Å². The molecule has 0 amide bonds. The maximum Gasteiger partial charge on any atom is 0.0738 e. The number of benzene rings is 1. The Kier molecular flexibility index (Phi) is 2.98. The number of hydrogen-bond acceptors (Lipinski definition) is 1. The smallest absolute Gasteiger partial charge is 0.0738 e. The molecule has 15 heavy (non-hydrogen) atoms. The zero-order valence-electron chi connectivity index (χ0n) is 8.36. The summed E-state index contributed by atoms with van der Waals surface area (Å²) in [7, 11) is 0. The molecule has 1 aliphatic carbocycles. The van der Waals surface area contributed by atoms with Crippen molar-refractivity contribution in [3.8, 4) is 0 Å². The van der Waals surface area contributed by atoms with E-state index in [4.69, 9.17) is 5.53 Å². The molecule has 0 N–H and O–H groups in total. The molecule has 2 rings (SSSR count). The van der Waals surface area contributed by atoms with Crippen LogP contribution in [0, 0.1) is 0 Å². The first-order valence-corrected chi connectivity index (χ1v) is 5.88. The molecule has 0 unspecified atom stereocenters. The van der Waals surface area contributed by atoms with Gasteiger partial charge in [0.1, 0.15) is 0 Å². The first-order valence-electron chi connectivity index (χ1n) is 5.09. The Bertz CT molecular complexity index is 404. The first-order chi connectivity index (χ1) is 7.27. The molecule has 0 saturated heterocycles. The molecular formula is C11H12BrN3. The van der Waals surface area contributed by atoms with E-state index >= 15 is 0 Å². The van der Waals surface area contributed by atoms with Gasteiger partial charge in [-0.2, -0.15) is 0 Å². The number of halogens is 1. The van der Waals surface area contributed by atoms with Crippen molar-refractivity contribution in [3.05, 3.63) is 44.7 Å². The molecule has 3 nitrogen and oxygen atoms in total. The number of rotatable bonds is 2. The van der Waals surface area contributed by atoms with Gasteiger partial charge in [0.15, 0.2) is 0 Å². The maximum atomic E-state index is 8.67. The molecule has 1 saturated carbocycles. The van der Waals surface area contributed by atoms with Crippen LogP contribution in [0.4, 0.5) is 0 Å². The molecule has 0 aliphatic heterocycles. The van der Waals surface area contributed by atoms with Crippen LogP contribution in [0.3, 0.4) is 0 Å². The van der Waals surface area contributed by atoms with Crippen molar-refractivity contribution in [1.82, 2.24) is 0 Å². The molecule has 1 fully saturated rings. The molecular weight excluding hydrogens is 254 g/mol. The van der Waals surface area contributed by atoms with E-state index in [1.165, 1.54) is 0 Å². The lowest BCUT2D eigenvalue weighted by molar-refractivity contribution is 0.459. The minimum absolute atomic E-state index is 0.293. The lowest BCUT2D eigenvalue weighted by atomic mass is 9.89. The van der Waals surface area contributed by atoms with Gasteiger partial charge in [0.2, 0.25) is 0 Å². The van der Waals surface area contributed by atoms with Gasteiger partial charge in [-0.25, -0.2) is 0 Å². The summed E-state index contributed by atoms with van der Waals surface area (Å²) in [6.07, 6.45) is 4.22. The second kappa shape index (κ2) is 4.25. The summed E-state index contributed by atoms with van der Waals surface area (Å²) in [5.41, 5.74) is 9.51. The van der Waals surface area contributed by atoms with Crippen LogP contribution < -0.4 is 0 Å². The number of azide groups is 1. The first kappa shape index (κ1) is 10.5. The average molecular weight is 266 g/mol. The van der Waals surface area contributed by atoms with Crippen molar-refractivity contribution >= 4 is 15.9 Å². The lowest BCUT2D eigenvalue weighted by Gasteiger charge is -2.23. The third-order valence-electron chi connectivity index (χ3n) is 3.03. The van der Waals surface area contributed by atoms with Crippen molar-refractivity contribution in [2.75, 3.05) is 0 Å². The Morgan fingerprint density at radius 2 is 2.07 bits per heavy atom. The van der Waals surface area contributed by atoms with Gasteiger partial charge < -0.3 is 0 Å². The Morgan fingerprint density at radius 1 is 1.33 bits per heavy atom. The van der Waals surface area contributed by atoms with Crippen LogP contribution in [0.25, 0.3) is 10.4 Å². The highest BCUT2D eigenvalue weighted by Gasteiger charge is 2.34. The van der Waals surface area contributed by atoms with Crippen molar-refractivity contribution in [2.45, 2.75) is 31.2 Å². The van der Waals surface area contributed by atoms with E-state index in [0.29, 0.717) is 0 Å². The molecule has 1 aromatic rings. The van der Waals surface area contributed by atoms with Crippen molar-refractivity contribution in [3.63, 3.8) is 0 Å². The fourth-order valence-electron chi connectivity index (χ4n) is 2.27. The molecule has 0 spiro atoms. The van der Waals surface area contributed by atoms with E-state index in [1.807, 2.05) is 18.2 Å². The molecule has 1 aliphatic rings. The largest absolute Gasteiger partial charge is 0.0826 e. The van der Waals surface area contributed by atoms with Gasteiger partial charge in [-0.1, -0.05) is 46.0 Å². The van der Waals surface area contributed by atoms with Gasteiger partial charge in [0, 0.05) is 9.38 Å². The summed E-state index contributed by atoms with van der Waals surface area (Å²) in [6.45, 7) is 0. The van der Waals surface area contributed by atoms with Crippen LogP contribution in [0.2, 0.25) is 0 Å². The summed E-state index contributed by atoms with van der Waals surface area (Å²) in [5, 5.41) is 4.03. The second-order valence-electron chi connectivity index (χ2n) is 3.94. The number of nitrogens with zero attached hydrogens (tertiary/aromatic N) is 3. The van der Waals surface area contributed by atoms with Crippen LogP contribution >= 0.6 is 15.9 Å². The van der Waals surface area contributed by atoms with Crippen molar-refractivity contribution in [2.24, 2.45) is 5.11 Å². The van der Waals surface area contributed by atoms with E-state index in [0.717, 1.165) is 35.7 Å². The molecule has 0 bridgehead atoms. The minimum Gasteiger partial charge on any atom is -0.0826 e. The molecule has 4 heteroatoms. The monoisotopic (exact) mass is 265 g/mol. The Morgan fingerprint density at radius 3 is 2.67 bits per heavy atom. The highest BCUT2D eigenvalue weighted by atomic mass is 79.9. The Hall–Kier alpha value is -0.990. The summed E-state index contributed by atoms with van der Waals surface area (Å²) in [5.74, 6) is 0. The molecule has 0 atom stereocenters. The van der Waals surface area contributed by atoms with Crippen LogP contribution in [0.15, 0.2) is 33.9 Å². The SMILES string of the molecule is [N-]=[N+]=NC1(c2cccc(Br)c2)CCCC1. The third-order valence-corrected chi connectivity index (χ3v) is 3.52. The zero-order chi connectivity index (χ0) is 10.7. The highest BCUT2D eigenvalue weighted by Crippen LogP contribution is 2.42. The third kappa shape index (κ3) is 2.01. The Labute approximate surface area is 97.3 Å². The number of hydrogen-bond donors (Lipinski definition) is 0. The molecule has 0 aromatic heterocycles. The highest BCUT2D eigenvalue weighted by molar-refractivity contribution is 9.10. The summed E-state index contributed by atoms with van der Waals surface area (Å²) in [6, 6.07) is 8.08. The van der Waals surface area contributed by atoms with Crippen molar-refractivity contribution in [1.29, 1.82) is 0 Å². The van der Waals surface area contributed by atoms with Gasteiger partial charge in [0.05, 0.1) is 5.54 Å². The van der Waals surface area contributed by atoms with Crippen molar-refractivity contribution < 1.29 is 0 Å². The van der Waals surface area contributed by atoms with E-state index < -0.39 is 0 Å². The average Bonchev–Trinajstić information content (AvgIpc) is 2.68. The van der Waals surface area contributed by atoms with Crippen LogP contribution in [-0.2, 0) is 5.54 Å². The summed E-state index contributed by atoms with van der Waals surface area (Å²) < 4.78 is 1.04. The standard InChI is InChI=1S/C11H12BrN3/c12-10-5-3-4-9(8-10)11(14-15-13)6-1-2-7-11/h3-5,8H,1-2,6-7H2. The van der Waals surface area contributed by atoms with Gasteiger partial charge in [-0.3, -0.25) is 0 Å². The summed E-state index contributed by atoms with van der Waals surface area (Å²) >= 11 is 3.45.